The number of hydrogen-bond donors (Lipinski definition) is 2. The summed E-state index contributed by atoms with van der Waals surface area (Å²) < 4.78 is 0. The molecule has 2 aliphatic carbocycles. The molecule has 4 heteroatoms. The Hall–Kier alpha value is -0.900. The average Bonchev–Trinajstić information content (AvgIpc) is 2.53. The Labute approximate surface area is 128 Å². The van der Waals surface area contributed by atoms with Gasteiger partial charge in [0.2, 0.25) is 5.91 Å². The Morgan fingerprint density at radius 3 is 1.95 bits per heavy atom. The number of rotatable bonds is 5. The molecular weight excluding hydrogens is 264 g/mol. The molecule has 0 unspecified atom stereocenters. The van der Waals surface area contributed by atoms with Gasteiger partial charge < -0.3 is 11.1 Å². The lowest BCUT2D eigenvalue weighted by atomic mass is 9.80. The van der Waals surface area contributed by atoms with Gasteiger partial charge in [0.1, 0.15) is 5.78 Å². The summed E-state index contributed by atoms with van der Waals surface area (Å²) in [6.07, 6.45) is 8.32. The molecule has 2 rings (SSSR count). The van der Waals surface area contributed by atoms with Crippen molar-refractivity contribution in [2.75, 3.05) is 13.1 Å². The van der Waals surface area contributed by atoms with E-state index in [2.05, 4.69) is 5.32 Å². The van der Waals surface area contributed by atoms with E-state index >= 15 is 0 Å². The lowest BCUT2D eigenvalue weighted by molar-refractivity contribution is -0.127. The van der Waals surface area contributed by atoms with Crippen LogP contribution in [0.5, 0.6) is 0 Å². The molecule has 2 fully saturated rings. The summed E-state index contributed by atoms with van der Waals surface area (Å²) in [5.41, 5.74) is 5.69. The number of carbonyl (C=O) groups excluding carboxylic acids is 2. The lowest BCUT2D eigenvalue weighted by Gasteiger charge is -2.29. The molecule has 0 spiro atoms. The summed E-state index contributed by atoms with van der Waals surface area (Å²) in [6, 6.07) is 0. The van der Waals surface area contributed by atoms with Crippen molar-refractivity contribution in [1.82, 2.24) is 5.32 Å². The Morgan fingerprint density at radius 2 is 1.43 bits per heavy atom. The second-order valence-electron chi connectivity index (χ2n) is 7.03. The number of ketones is 1. The maximum absolute atomic E-state index is 12.2. The van der Waals surface area contributed by atoms with Gasteiger partial charge in [-0.05, 0) is 76.7 Å². The molecule has 2 saturated carbocycles. The normalized spacial score (nSPS) is 33.4. The van der Waals surface area contributed by atoms with Crippen molar-refractivity contribution in [3.05, 3.63) is 0 Å². The summed E-state index contributed by atoms with van der Waals surface area (Å²) in [6.45, 7) is 3.25. The van der Waals surface area contributed by atoms with Gasteiger partial charge in [-0.3, -0.25) is 9.59 Å². The summed E-state index contributed by atoms with van der Waals surface area (Å²) in [7, 11) is 0. The summed E-state index contributed by atoms with van der Waals surface area (Å²) in [5, 5.41) is 3.14. The van der Waals surface area contributed by atoms with E-state index in [4.69, 9.17) is 5.73 Å². The standard InChI is InChI=1S/C17H30N2O2/c1-12(20)15-6-4-14(5-7-15)11-19-17(21)16-8-2-13(10-18)3-9-16/h13-16H,2-11,18H2,1H3,(H,19,21). The van der Waals surface area contributed by atoms with Crippen LogP contribution in [0.3, 0.4) is 0 Å². The van der Waals surface area contributed by atoms with Crippen molar-refractivity contribution >= 4 is 11.7 Å². The number of nitrogens with one attached hydrogen (secondary N) is 1. The van der Waals surface area contributed by atoms with Crippen molar-refractivity contribution in [1.29, 1.82) is 0 Å². The SMILES string of the molecule is CC(=O)C1CCC(CNC(=O)C2CCC(CN)CC2)CC1. The highest BCUT2D eigenvalue weighted by atomic mass is 16.1. The van der Waals surface area contributed by atoms with Crippen LogP contribution in [0.4, 0.5) is 0 Å². The van der Waals surface area contributed by atoms with Gasteiger partial charge >= 0.3 is 0 Å². The number of nitrogens with two attached hydrogens (primary N) is 1. The first-order valence-electron chi connectivity index (χ1n) is 8.58. The molecular formula is C17H30N2O2. The fourth-order valence-corrected chi connectivity index (χ4v) is 3.82. The van der Waals surface area contributed by atoms with E-state index in [9.17, 15) is 9.59 Å². The van der Waals surface area contributed by atoms with E-state index in [-0.39, 0.29) is 17.7 Å². The van der Waals surface area contributed by atoms with Crippen LogP contribution in [-0.2, 0) is 9.59 Å². The fourth-order valence-electron chi connectivity index (χ4n) is 3.82. The minimum atomic E-state index is 0.196. The van der Waals surface area contributed by atoms with Crippen LogP contribution in [0.15, 0.2) is 0 Å². The van der Waals surface area contributed by atoms with Crippen molar-refractivity contribution in [3.8, 4) is 0 Å². The maximum Gasteiger partial charge on any atom is 0.223 e. The molecule has 1 amide bonds. The lowest BCUT2D eigenvalue weighted by Crippen LogP contribution is -2.37. The average molecular weight is 294 g/mol. The number of carbonyl (C=O) groups is 2. The second-order valence-corrected chi connectivity index (χ2v) is 7.03. The first kappa shape index (κ1) is 16.5. The number of Topliss-reactive ketones (excluding diaryl/α,β-unsaturated/α-hetero) is 1. The summed E-state index contributed by atoms with van der Waals surface area (Å²) >= 11 is 0. The third-order valence-electron chi connectivity index (χ3n) is 5.54. The zero-order chi connectivity index (χ0) is 15.2. The Bertz CT molecular complexity index is 354. The van der Waals surface area contributed by atoms with Crippen LogP contribution >= 0.6 is 0 Å². The first-order valence-corrected chi connectivity index (χ1v) is 8.58. The van der Waals surface area contributed by atoms with Crippen molar-refractivity contribution < 1.29 is 9.59 Å². The van der Waals surface area contributed by atoms with Crippen molar-refractivity contribution in [2.45, 2.75) is 58.3 Å². The third kappa shape index (κ3) is 4.80. The Morgan fingerprint density at radius 1 is 0.905 bits per heavy atom. The molecule has 3 N–H and O–H groups in total. The van der Waals surface area contributed by atoms with Crippen LogP contribution in [0, 0.1) is 23.7 Å². The maximum atomic E-state index is 12.2. The van der Waals surface area contributed by atoms with E-state index in [1.165, 1.54) is 0 Å². The molecule has 0 aromatic carbocycles. The van der Waals surface area contributed by atoms with Gasteiger partial charge in [0, 0.05) is 18.4 Å². The third-order valence-corrected chi connectivity index (χ3v) is 5.54. The van der Waals surface area contributed by atoms with Gasteiger partial charge in [-0.1, -0.05) is 0 Å². The number of amides is 1. The van der Waals surface area contributed by atoms with E-state index in [1.54, 1.807) is 6.92 Å². The largest absolute Gasteiger partial charge is 0.356 e. The molecule has 4 nitrogen and oxygen atoms in total. The zero-order valence-electron chi connectivity index (χ0n) is 13.3. The highest BCUT2D eigenvalue weighted by Gasteiger charge is 2.27. The van der Waals surface area contributed by atoms with E-state index < -0.39 is 0 Å². The highest BCUT2D eigenvalue weighted by Crippen LogP contribution is 2.30. The summed E-state index contributed by atoms with van der Waals surface area (Å²) in [5.74, 6) is 2.21. The van der Waals surface area contributed by atoms with E-state index in [1.807, 2.05) is 0 Å². The monoisotopic (exact) mass is 294 g/mol. The van der Waals surface area contributed by atoms with Crippen LogP contribution < -0.4 is 11.1 Å². The minimum Gasteiger partial charge on any atom is -0.356 e. The van der Waals surface area contributed by atoms with Gasteiger partial charge in [0.15, 0.2) is 0 Å². The van der Waals surface area contributed by atoms with Crippen LogP contribution in [0.25, 0.3) is 0 Å². The minimum absolute atomic E-state index is 0.196. The second kappa shape index (κ2) is 7.92. The molecule has 0 aliphatic heterocycles. The van der Waals surface area contributed by atoms with Crippen molar-refractivity contribution in [3.63, 3.8) is 0 Å². The van der Waals surface area contributed by atoms with Gasteiger partial charge in [0.05, 0.1) is 0 Å². The van der Waals surface area contributed by atoms with Gasteiger partial charge in [-0.15, -0.1) is 0 Å². The highest BCUT2D eigenvalue weighted by molar-refractivity contribution is 5.79. The smallest absolute Gasteiger partial charge is 0.223 e. The topological polar surface area (TPSA) is 72.2 Å². The van der Waals surface area contributed by atoms with Crippen LogP contribution in [0.2, 0.25) is 0 Å². The zero-order valence-corrected chi connectivity index (χ0v) is 13.3. The Balaban J connectivity index is 1.65. The molecule has 21 heavy (non-hydrogen) atoms. The van der Waals surface area contributed by atoms with Gasteiger partial charge in [0.25, 0.3) is 0 Å². The predicted molar refractivity (Wildman–Crippen MR) is 83.6 cm³/mol. The van der Waals surface area contributed by atoms with E-state index in [0.29, 0.717) is 17.6 Å². The van der Waals surface area contributed by atoms with Crippen molar-refractivity contribution in [2.24, 2.45) is 29.4 Å². The van der Waals surface area contributed by atoms with E-state index in [0.717, 1.165) is 64.5 Å². The molecule has 0 radical (unpaired) electrons. The van der Waals surface area contributed by atoms with Gasteiger partial charge in [-0.2, -0.15) is 0 Å². The number of hydrogen-bond acceptors (Lipinski definition) is 3. The molecule has 0 aromatic rings. The predicted octanol–water partition coefficient (Wildman–Crippen LogP) is 2.26. The Kier molecular flexibility index (Phi) is 6.22. The molecule has 0 heterocycles. The molecule has 2 aliphatic rings. The molecule has 0 aromatic heterocycles. The molecule has 0 bridgehead atoms. The first-order chi connectivity index (χ1) is 10.1. The molecule has 0 atom stereocenters. The fraction of sp³-hybridized carbons (Fsp3) is 0.882. The quantitative estimate of drug-likeness (QED) is 0.817. The summed E-state index contributed by atoms with van der Waals surface area (Å²) in [4.78, 5) is 23.6. The van der Waals surface area contributed by atoms with Crippen LogP contribution in [0.1, 0.15) is 58.3 Å². The van der Waals surface area contributed by atoms with Crippen LogP contribution in [-0.4, -0.2) is 24.8 Å². The molecule has 0 saturated heterocycles. The van der Waals surface area contributed by atoms with Gasteiger partial charge in [-0.25, -0.2) is 0 Å². The molecule has 120 valence electrons.